The molecule has 6 heteroatoms. The summed E-state index contributed by atoms with van der Waals surface area (Å²) in [6.07, 6.45) is 5.57. The lowest BCUT2D eigenvalue weighted by Gasteiger charge is -2.44. The van der Waals surface area contributed by atoms with Gasteiger partial charge in [0, 0.05) is 50.4 Å². The molecule has 2 saturated carbocycles. The number of aromatic nitrogens is 2. The van der Waals surface area contributed by atoms with E-state index in [0.29, 0.717) is 19.5 Å². The third-order valence-corrected chi connectivity index (χ3v) is 7.52. The van der Waals surface area contributed by atoms with Crippen LogP contribution in [0.2, 0.25) is 0 Å². The van der Waals surface area contributed by atoms with Crippen LogP contribution in [0.5, 0.6) is 0 Å². The highest BCUT2D eigenvalue weighted by atomic mass is 16.2. The molecule has 3 fully saturated rings. The highest BCUT2D eigenvalue weighted by Gasteiger charge is 2.73. The summed E-state index contributed by atoms with van der Waals surface area (Å²) in [5, 5.41) is 0. The van der Waals surface area contributed by atoms with Gasteiger partial charge in [0.15, 0.2) is 0 Å². The molecular formula is C19H26N4O2. The van der Waals surface area contributed by atoms with Crippen molar-refractivity contribution >= 4 is 17.6 Å². The normalized spacial score (nSPS) is 33.8. The Labute approximate surface area is 148 Å². The summed E-state index contributed by atoms with van der Waals surface area (Å²) >= 11 is 0. The van der Waals surface area contributed by atoms with Crippen molar-refractivity contribution in [3.8, 4) is 0 Å². The number of piperazine rings is 1. The molecule has 1 aromatic heterocycles. The number of amides is 1. The molecule has 2 bridgehead atoms. The van der Waals surface area contributed by atoms with Crippen molar-refractivity contribution in [2.45, 2.75) is 40.0 Å². The van der Waals surface area contributed by atoms with Gasteiger partial charge in [-0.3, -0.25) is 9.59 Å². The Morgan fingerprint density at radius 3 is 2.20 bits per heavy atom. The smallest absolute Gasteiger partial charge is 0.229 e. The second-order valence-corrected chi connectivity index (χ2v) is 8.47. The maximum absolute atomic E-state index is 13.5. The van der Waals surface area contributed by atoms with Gasteiger partial charge < -0.3 is 9.80 Å². The molecule has 3 aliphatic rings. The Morgan fingerprint density at radius 2 is 1.68 bits per heavy atom. The number of hydrogen-bond acceptors (Lipinski definition) is 5. The lowest BCUT2D eigenvalue weighted by atomic mass is 9.64. The maximum Gasteiger partial charge on any atom is 0.229 e. The number of fused-ring (bicyclic) bond motifs is 2. The van der Waals surface area contributed by atoms with Gasteiger partial charge in [0.05, 0.1) is 5.41 Å². The van der Waals surface area contributed by atoms with Crippen LogP contribution in [0.4, 0.5) is 5.95 Å². The van der Waals surface area contributed by atoms with Crippen LogP contribution in [0.15, 0.2) is 18.5 Å². The molecular weight excluding hydrogens is 316 g/mol. The highest BCUT2D eigenvalue weighted by molar-refractivity contribution is 5.99. The van der Waals surface area contributed by atoms with Crippen molar-refractivity contribution in [1.29, 1.82) is 0 Å². The minimum atomic E-state index is -0.510. The summed E-state index contributed by atoms with van der Waals surface area (Å²) in [7, 11) is 0. The Morgan fingerprint density at radius 1 is 1.04 bits per heavy atom. The zero-order valence-electron chi connectivity index (χ0n) is 15.3. The zero-order valence-corrected chi connectivity index (χ0v) is 15.3. The van der Waals surface area contributed by atoms with Gasteiger partial charge in [-0.05, 0) is 24.3 Å². The number of rotatable bonds is 2. The van der Waals surface area contributed by atoms with Crippen molar-refractivity contribution in [3.05, 3.63) is 18.5 Å². The number of carbonyl (C=O) groups excluding carboxylic acids is 2. The molecule has 1 saturated heterocycles. The first-order valence-corrected chi connectivity index (χ1v) is 9.16. The number of carbonyl (C=O) groups is 2. The van der Waals surface area contributed by atoms with Crippen molar-refractivity contribution in [1.82, 2.24) is 14.9 Å². The fourth-order valence-electron chi connectivity index (χ4n) is 5.20. The Balaban J connectivity index is 1.51. The molecule has 4 rings (SSSR count). The Kier molecular flexibility index (Phi) is 3.47. The average Bonchev–Trinajstić information content (AvgIpc) is 2.92. The van der Waals surface area contributed by atoms with E-state index in [0.717, 1.165) is 31.9 Å². The fourth-order valence-corrected chi connectivity index (χ4v) is 5.20. The SMILES string of the molecule is CC1(C)[C@]2(C(=O)N3CCN(c4ncccn4)CC3)CC[C@@]1(C)C(=O)C2. The summed E-state index contributed by atoms with van der Waals surface area (Å²) in [5.74, 6) is 1.17. The van der Waals surface area contributed by atoms with Crippen LogP contribution in [-0.4, -0.2) is 52.7 Å². The third-order valence-electron chi connectivity index (χ3n) is 7.52. The number of hydrogen-bond donors (Lipinski definition) is 0. The summed E-state index contributed by atoms with van der Waals surface area (Å²) < 4.78 is 0. The summed E-state index contributed by atoms with van der Waals surface area (Å²) in [4.78, 5) is 38.7. The molecule has 25 heavy (non-hydrogen) atoms. The van der Waals surface area contributed by atoms with E-state index in [-0.39, 0.29) is 22.5 Å². The quantitative estimate of drug-likeness (QED) is 0.821. The molecule has 2 atom stereocenters. The maximum atomic E-state index is 13.5. The van der Waals surface area contributed by atoms with Gasteiger partial charge >= 0.3 is 0 Å². The van der Waals surface area contributed by atoms with Gasteiger partial charge in [-0.1, -0.05) is 20.8 Å². The van der Waals surface area contributed by atoms with E-state index in [1.807, 2.05) is 4.90 Å². The van der Waals surface area contributed by atoms with E-state index in [2.05, 4.69) is 35.6 Å². The molecule has 134 valence electrons. The van der Waals surface area contributed by atoms with Gasteiger partial charge in [0.25, 0.3) is 0 Å². The van der Waals surface area contributed by atoms with Crippen molar-refractivity contribution in [2.75, 3.05) is 31.1 Å². The van der Waals surface area contributed by atoms with E-state index in [9.17, 15) is 9.59 Å². The van der Waals surface area contributed by atoms with E-state index >= 15 is 0 Å². The Hall–Kier alpha value is -1.98. The zero-order chi connectivity index (χ0) is 17.9. The van der Waals surface area contributed by atoms with Crippen LogP contribution in [0, 0.1) is 16.2 Å². The van der Waals surface area contributed by atoms with Crippen LogP contribution >= 0.6 is 0 Å². The van der Waals surface area contributed by atoms with Gasteiger partial charge in [-0.2, -0.15) is 0 Å². The summed E-state index contributed by atoms with van der Waals surface area (Å²) in [5.41, 5.74) is -1.12. The molecule has 1 aromatic rings. The predicted molar refractivity (Wildman–Crippen MR) is 94.0 cm³/mol. The average molecular weight is 342 g/mol. The van der Waals surface area contributed by atoms with E-state index in [4.69, 9.17) is 0 Å². The first kappa shape index (κ1) is 16.5. The second kappa shape index (κ2) is 5.26. The molecule has 6 nitrogen and oxygen atoms in total. The van der Waals surface area contributed by atoms with Crippen LogP contribution in [0.1, 0.15) is 40.0 Å². The third kappa shape index (κ3) is 2.02. The van der Waals surface area contributed by atoms with Gasteiger partial charge in [0.2, 0.25) is 11.9 Å². The van der Waals surface area contributed by atoms with Crippen LogP contribution in [-0.2, 0) is 9.59 Å². The number of nitrogens with zero attached hydrogens (tertiary/aromatic N) is 4. The van der Waals surface area contributed by atoms with Crippen LogP contribution in [0.25, 0.3) is 0 Å². The molecule has 1 aliphatic heterocycles. The van der Waals surface area contributed by atoms with E-state index in [1.54, 1.807) is 18.5 Å². The molecule has 1 amide bonds. The lowest BCUT2D eigenvalue weighted by molar-refractivity contribution is -0.148. The van der Waals surface area contributed by atoms with Crippen molar-refractivity contribution in [3.63, 3.8) is 0 Å². The lowest BCUT2D eigenvalue weighted by Crippen LogP contribution is -2.55. The van der Waals surface area contributed by atoms with Crippen LogP contribution < -0.4 is 4.90 Å². The van der Waals surface area contributed by atoms with Gasteiger partial charge in [-0.25, -0.2) is 9.97 Å². The largest absolute Gasteiger partial charge is 0.339 e. The minimum Gasteiger partial charge on any atom is -0.339 e. The number of anilines is 1. The van der Waals surface area contributed by atoms with Gasteiger partial charge in [0.1, 0.15) is 5.78 Å². The first-order chi connectivity index (χ1) is 11.8. The van der Waals surface area contributed by atoms with Crippen LogP contribution in [0.3, 0.4) is 0 Å². The fraction of sp³-hybridized carbons (Fsp3) is 0.684. The first-order valence-electron chi connectivity index (χ1n) is 9.16. The highest BCUT2D eigenvalue weighted by Crippen LogP contribution is 2.71. The monoisotopic (exact) mass is 342 g/mol. The molecule has 0 spiro atoms. The molecule has 0 unspecified atom stereocenters. The molecule has 0 radical (unpaired) electrons. The Bertz CT molecular complexity index is 711. The standard InChI is InChI=1S/C19H26N4O2/c1-17(2)18(3)5-6-19(17,13-14(18)24)15(25)22-9-11-23(12-10-22)16-20-7-4-8-21-16/h4,7-8H,5-6,9-13H2,1-3H3/t18-,19+/m0/s1. The molecule has 0 aromatic carbocycles. The summed E-state index contributed by atoms with van der Waals surface area (Å²) in [6, 6.07) is 1.80. The topological polar surface area (TPSA) is 66.4 Å². The molecule has 0 N–H and O–H groups in total. The molecule has 2 aliphatic carbocycles. The number of ketones is 1. The van der Waals surface area contributed by atoms with E-state index < -0.39 is 5.41 Å². The second-order valence-electron chi connectivity index (χ2n) is 8.47. The molecule has 2 heterocycles. The number of Topliss-reactive ketones (excluding diaryl/α,β-unsaturated/α-hetero) is 1. The van der Waals surface area contributed by atoms with E-state index in [1.165, 1.54) is 0 Å². The van der Waals surface area contributed by atoms with Crippen molar-refractivity contribution in [2.24, 2.45) is 16.2 Å². The summed E-state index contributed by atoms with van der Waals surface area (Å²) in [6.45, 7) is 9.10. The minimum absolute atomic E-state index is 0.181. The predicted octanol–water partition coefficient (Wildman–Crippen LogP) is 1.91. The van der Waals surface area contributed by atoms with Crippen molar-refractivity contribution < 1.29 is 9.59 Å². The van der Waals surface area contributed by atoms with Gasteiger partial charge in [-0.15, -0.1) is 0 Å².